The third-order valence-corrected chi connectivity index (χ3v) is 5.07. The van der Waals surface area contributed by atoms with E-state index in [2.05, 4.69) is 9.19 Å². The van der Waals surface area contributed by atoms with Crippen LogP contribution >= 0.6 is 0 Å². The Labute approximate surface area is 140 Å². The number of aliphatic hydroxyl groups excluding tert-OH is 2. The Hall–Kier alpha value is -1.87. The van der Waals surface area contributed by atoms with E-state index in [0.29, 0.717) is 11.4 Å². The van der Waals surface area contributed by atoms with E-state index in [-0.39, 0.29) is 16.9 Å². The second-order valence-corrected chi connectivity index (χ2v) is 8.16. The van der Waals surface area contributed by atoms with Crippen LogP contribution in [0.2, 0.25) is 0 Å². The van der Waals surface area contributed by atoms with Gasteiger partial charge in [-0.25, -0.2) is 0 Å². The van der Waals surface area contributed by atoms with Crippen molar-refractivity contribution in [2.75, 3.05) is 11.9 Å². The van der Waals surface area contributed by atoms with Crippen LogP contribution in [0.4, 0.5) is 5.69 Å². The first-order chi connectivity index (χ1) is 11.3. The van der Waals surface area contributed by atoms with E-state index >= 15 is 0 Å². The van der Waals surface area contributed by atoms with Crippen molar-refractivity contribution in [2.24, 2.45) is 0 Å². The monoisotopic (exact) mass is 403 g/mol. The van der Waals surface area contributed by atoms with Gasteiger partial charge in [0.1, 0.15) is 11.9 Å². The van der Waals surface area contributed by atoms with Crippen molar-refractivity contribution in [1.29, 1.82) is 0 Å². The molecule has 10 heteroatoms. The molecule has 0 spiro atoms. The van der Waals surface area contributed by atoms with Crippen LogP contribution in [0.25, 0.3) is 0 Å². The van der Waals surface area contributed by atoms with Gasteiger partial charge in [0.25, 0.3) is 0 Å². The number of furan rings is 1. The molecule has 2 atom stereocenters. The second-order valence-electron chi connectivity index (χ2n) is 4.55. The summed E-state index contributed by atoms with van der Waals surface area (Å²) in [5, 5.41) is 28.0. The minimum absolute atomic E-state index is 0.0399. The molecule has 5 N–H and O–H groups in total. The first kappa shape index (κ1) is 20.2. The molecule has 0 aliphatic rings. The molecule has 2 aromatic rings. The van der Waals surface area contributed by atoms with E-state index in [9.17, 15) is 12.6 Å². The fourth-order valence-electron chi connectivity index (χ4n) is 1.58. The van der Waals surface area contributed by atoms with Gasteiger partial charge in [-0.3, -0.25) is 0 Å². The molecule has 0 radical (unpaired) electrons. The molecule has 1 aromatic heterocycles. The maximum Gasteiger partial charge on any atom is 0.135 e. The molecule has 1 heterocycles. The van der Waals surface area contributed by atoms with Crippen LogP contribution in [0.1, 0.15) is 18.8 Å². The van der Waals surface area contributed by atoms with Gasteiger partial charge in [0.05, 0.1) is 12.9 Å². The summed E-state index contributed by atoms with van der Waals surface area (Å²) >= 11 is -4.83. The molecule has 0 aliphatic carbocycles. The zero-order chi connectivity index (χ0) is 18.2. The van der Waals surface area contributed by atoms with E-state index in [0.717, 1.165) is 0 Å². The van der Waals surface area contributed by atoms with Gasteiger partial charge in [0.15, 0.2) is 0 Å². The fourth-order valence-corrected chi connectivity index (χ4v) is 2.99. The third kappa shape index (κ3) is 6.32. The van der Waals surface area contributed by atoms with Crippen molar-refractivity contribution in [3.05, 3.63) is 48.4 Å². The molecule has 2 unspecified atom stereocenters. The number of amides is 1. The van der Waals surface area contributed by atoms with Crippen molar-refractivity contribution >= 4 is 30.1 Å². The van der Waals surface area contributed by atoms with Crippen LogP contribution in [-0.4, -0.2) is 46.3 Å². The van der Waals surface area contributed by atoms with Crippen molar-refractivity contribution in [3.8, 4) is 0 Å². The van der Waals surface area contributed by atoms with Crippen LogP contribution in [0, 0.1) is 0 Å². The maximum atomic E-state index is 11.3. The topological polar surface area (TPSA) is 149 Å². The number of benzene rings is 1. The van der Waals surface area contributed by atoms with Gasteiger partial charge in [-0.1, -0.05) is 0 Å². The number of carbonyl (C=O) groups excluding carboxylic acids is 1. The Kier molecular flexibility index (Phi) is 7.93. The molecule has 1 aromatic carbocycles. The number of nitrogens with one attached hydrogen (secondary N) is 1. The molecule has 0 bridgehead atoms. The van der Waals surface area contributed by atoms with Gasteiger partial charge in [0.2, 0.25) is 0 Å². The zero-order valence-corrected chi connectivity index (χ0v) is 14.6. The average Bonchev–Trinajstić information content (AvgIpc) is 3.09. The molecule has 9 nitrogen and oxygen atoms in total. The Morgan fingerprint density at radius 1 is 1.38 bits per heavy atom. The smallest absolute Gasteiger partial charge is 0.135 e. The van der Waals surface area contributed by atoms with E-state index in [1.807, 2.05) is 0 Å². The molecule has 2 rings (SSSR count). The van der Waals surface area contributed by atoms with Gasteiger partial charge in [0, 0.05) is 0 Å². The van der Waals surface area contributed by atoms with Crippen molar-refractivity contribution in [3.63, 3.8) is 0 Å². The van der Waals surface area contributed by atoms with E-state index < -0.39 is 20.3 Å². The van der Waals surface area contributed by atoms with Crippen molar-refractivity contribution < 1.29 is 36.4 Å². The predicted molar refractivity (Wildman–Crippen MR) is 83.5 cm³/mol. The van der Waals surface area contributed by atoms with Gasteiger partial charge in [-0.15, -0.1) is 0 Å². The number of rotatable bonds is 5. The zero-order valence-electron chi connectivity index (χ0n) is 12.7. The van der Waals surface area contributed by atoms with Gasteiger partial charge in [-0.2, -0.15) is 0 Å². The summed E-state index contributed by atoms with van der Waals surface area (Å²) in [6.07, 6.45) is 0.578. The molecule has 24 heavy (non-hydrogen) atoms. The number of anilines is 1. The van der Waals surface area contributed by atoms with Gasteiger partial charge >= 0.3 is 88.4 Å². The molecular formula is C14H18AsNO8. The standard InChI is InChI=1S/C8H10AsNO5.C6H8O3/c1-6(11)10-8-4-2-3-7(5-8)9(12,13)15-14;7-4-5(8)6-2-1-3-9-6/h2-5,14H,1H3,(H,10,11)(H,12,13);1-3,5,7-8H,4H2. The van der Waals surface area contributed by atoms with Gasteiger partial charge < -0.3 is 14.6 Å². The number of hydrogen-bond acceptors (Lipinski definition) is 7. The fraction of sp³-hybridized carbons (Fsp3) is 0.214. The number of carbonyl (C=O) groups is 1. The summed E-state index contributed by atoms with van der Waals surface area (Å²) in [7, 11) is 0. The summed E-state index contributed by atoms with van der Waals surface area (Å²) in [5.74, 6) is 0.106. The average molecular weight is 403 g/mol. The first-order valence-electron chi connectivity index (χ1n) is 6.66. The van der Waals surface area contributed by atoms with Crippen molar-refractivity contribution in [1.82, 2.24) is 0 Å². The van der Waals surface area contributed by atoms with E-state index in [1.165, 1.54) is 31.4 Å². The Morgan fingerprint density at radius 3 is 2.58 bits per heavy atom. The minimum atomic E-state index is -4.83. The summed E-state index contributed by atoms with van der Waals surface area (Å²) in [6, 6.07) is 8.91. The molecule has 1 amide bonds. The Bertz CT molecular complexity index is 688. The van der Waals surface area contributed by atoms with E-state index in [4.69, 9.17) is 19.9 Å². The molecule has 132 valence electrons. The van der Waals surface area contributed by atoms with Crippen LogP contribution in [0.5, 0.6) is 0 Å². The van der Waals surface area contributed by atoms with Crippen LogP contribution in [0.15, 0.2) is 47.1 Å². The second kappa shape index (κ2) is 9.43. The van der Waals surface area contributed by atoms with Crippen LogP contribution in [0.3, 0.4) is 0 Å². The third-order valence-electron chi connectivity index (χ3n) is 2.65. The van der Waals surface area contributed by atoms with Gasteiger partial charge in [-0.05, 0) is 12.1 Å². The quantitative estimate of drug-likeness (QED) is 0.266. The SMILES string of the molecule is CC(=O)Nc1cccc([As](=O)(O)OO)c1.OCC(O)c1ccco1. The first-order valence-corrected chi connectivity index (χ1v) is 9.97. The Balaban J connectivity index is 0.000000272. The maximum absolute atomic E-state index is 11.3. The largest absolute Gasteiger partial charge is 0.467 e. The Morgan fingerprint density at radius 2 is 2.08 bits per heavy atom. The minimum Gasteiger partial charge on any atom is -0.467 e. The van der Waals surface area contributed by atoms with Crippen molar-refractivity contribution in [2.45, 2.75) is 13.0 Å². The molecule has 0 fully saturated rings. The molecular weight excluding hydrogens is 385 g/mol. The molecule has 0 aliphatic heterocycles. The number of aliphatic hydroxyl groups is 2. The summed E-state index contributed by atoms with van der Waals surface area (Å²) in [5.41, 5.74) is 0.368. The summed E-state index contributed by atoms with van der Waals surface area (Å²) < 4.78 is 28.7. The normalized spacial score (nSPS) is 14.0. The summed E-state index contributed by atoms with van der Waals surface area (Å²) in [4.78, 5) is 10.7. The number of hydrogen-bond donors (Lipinski definition) is 5. The molecule has 0 saturated carbocycles. The summed E-state index contributed by atoms with van der Waals surface area (Å²) in [6.45, 7) is 1.02. The van der Waals surface area contributed by atoms with E-state index in [1.54, 1.807) is 18.2 Å². The van der Waals surface area contributed by atoms with Crippen LogP contribution < -0.4 is 9.67 Å². The predicted octanol–water partition coefficient (Wildman–Crippen LogP) is 0.00860. The molecule has 0 saturated heterocycles. The van der Waals surface area contributed by atoms with Crippen LogP contribution in [-0.2, 0) is 12.4 Å².